The highest BCUT2D eigenvalue weighted by atomic mass is 32.2. The van der Waals surface area contributed by atoms with E-state index >= 15 is 0 Å². The summed E-state index contributed by atoms with van der Waals surface area (Å²) in [5.74, 6) is -0.132. The number of amides is 2. The van der Waals surface area contributed by atoms with Crippen LogP contribution in [0.3, 0.4) is 0 Å². The van der Waals surface area contributed by atoms with Crippen LogP contribution in [0.1, 0.15) is 43.4 Å². The van der Waals surface area contributed by atoms with E-state index in [1.807, 2.05) is 38.1 Å². The van der Waals surface area contributed by atoms with Crippen LogP contribution in [0.25, 0.3) is 0 Å². The summed E-state index contributed by atoms with van der Waals surface area (Å²) in [5, 5.41) is 2.87. The van der Waals surface area contributed by atoms with Gasteiger partial charge in [-0.05, 0) is 62.1 Å². The largest absolute Gasteiger partial charge is 0.497 e. The maximum atomic E-state index is 13.6. The standard InChI is InChI=1S/C26H37N3O5S/c1-7-8-14-27-26(31)21(4)28(17-22-10-9-11-23(16-22)34-5)25(30)18-29(35(6,32)33)24-15-19(2)12-13-20(24)3/h9-13,15-16,21H,7-8,14,17-18H2,1-6H3,(H,27,31)/t21-/m1/s1. The van der Waals surface area contributed by atoms with Gasteiger partial charge in [-0.3, -0.25) is 13.9 Å². The molecule has 0 aliphatic rings. The molecule has 0 spiro atoms. The third kappa shape index (κ3) is 7.99. The number of anilines is 1. The van der Waals surface area contributed by atoms with Gasteiger partial charge in [-0.1, -0.05) is 37.6 Å². The number of carbonyl (C=O) groups is 2. The molecule has 0 bridgehead atoms. The van der Waals surface area contributed by atoms with E-state index in [2.05, 4.69) is 5.32 Å². The van der Waals surface area contributed by atoms with Crippen LogP contribution in [0.4, 0.5) is 5.69 Å². The molecule has 0 heterocycles. The first kappa shape index (κ1) is 28.2. The molecule has 2 amide bonds. The van der Waals surface area contributed by atoms with E-state index in [0.29, 0.717) is 18.0 Å². The Kier molecular flexibility index (Phi) is 10.1. The minimum absolute atomic E-state index is 0.128. The molecule has 1 atom stereocenters. The van der Waals surface area contributed by atoms with Gasteiger partial charge >= 0.3 is 0 Å². The van der Waals surface area contributed by atoms with Crippen LogP contribution in [0.15, 0.2) is 42.5 Å². The Bertz CT molecular complexity index is 1130. The highest BCUT2D eigenvalue weighted by Crippen LogP contribution is 2.25. The lowest BCUT2D eigenvalue weighted by Gasteiger charge is -2.32. The smallest absolute Gasteiger partial charge is 0.244 e. The average molecular weight is 504 g/mol. The molecule has 0 fully saturated rings. The summed E-state index contributed by atoms with van der Waals surface area (Å²) in [4.78, 5) is 27.9. The number of benzene rings is 2. The van der Waals surface area contributed by atoms with E-state index in [4.69, 9.17) is 4.74 Å². The Hall–Kier alpha value is -3.07. The quantitative estimate of drug-likeness (QED) is 0.448. The average Bonchev–Trinajstić information content (AvgIpc) is 2.81. The maximum absolute atomic E-state index is 13.6. The number of hydrogen-bond acceptors (Lipinski definition) is 5. The van der Waals surface area contributed by atoms with Crippen molar-refractivity contribution in [2.24, 2.45) is 0 Å². The lowest BCUT2D eigenvalue weighted by molar-refractivity contribution is -0.139. The van der Waals surface area contributed by atoms with Gasteiger partial charge in [0.25, 0.3) is 0 Å². The van der Waals surface area contributed by atoms with Crippen molar-refractivity contribution in [3.63, 3.8) is 0 Å². The normalized spacial score (nSPS) is 12.1. The zero-order valence-corrected chi connectivity index (χ0v) is 22.3. The SMILES string of the molecule is CCCCNC(=O)[C@@H](C)N(Cc1cccc(OC)c1)C(=O)CN(c1cc(C)ccc1C)S(C)(=O)=O. The van der Waals surface area contributed by atoms with Gasteiger partial charge < -0.3 is 15.0 Å². The Morgan fingerprint density at radius 3 is 2.46 bits per heavy atom. The van der Waals surface area contributed by atoms with Crippen LogP contribution in [-0.2, 0) is 26.2 Å². The minimum Gasteiger partial charge on any atom is -0.497 e. The third-order valence-electron chi connectivity index (χ3n) is 5.80. The molecule has 2 aromatic carbocycles. The maximum Gasteiger partial charge on any atom is 0.244 e. The van der Waals surface area contributed by atoms with Crippen LogP contribution in [0.2, 0.25) is 0 Å². The molecule has 2 aromatic rings. The number of nitrogens with zero attached hydrogens (tertiary/aromatic N) is 2. The van der Waals surface area contributed by atoms with Crippen LogP contribution in [-0.4, -0.2) is 57.6 Å². The monoisotopic (exact) mass is 503 g/mol. The summed E-state index contributed by atoms with van der Waals surface area (Å²) in [7, 11) is -2.21. The molecule has 0 aliphatic heterocycles. The van der Waals surface area contributed by atoms with Gasteiger partial charge in [0.1, 0.15) is 18.3 Å². The fourth-order valence-corrected chi connectivity index (χ4v) is 4.57. The first-order valence-electron chi connectivity index (χ1n) is 11.7. The molecular weight excluding hydrogens is 466 g/mol. The molecule has 2 rings (SSSR count). The number of carbonyl (C=O) groups excluding carboxylic acids is 2. The summed E-state index contributed by atoms with van der Waals surface area (Å²) >= 11 is 0. The molecule has 9 heteroatoms. The van der Waals surface area contributed by atoms with Gasteiger partial charge in [0.2, 0.25) is 21.8 Å². The molecule has 8 nitrogen and oxygen atoms in total. The zero-order chi connectivity index (χ0) is 26.2. The Balaban J connectivity index is 2.41. The van der Waals surface area contributed by atoms with Crippen molar-refractivity contribution in [3.8, 4) is 5.75 Å². The van der Waals surface area contributed by atoms with E-state index in [9.17, 15) is 18.0 Å². The second-order valence-corrected chi connectivity index (χ2v) is 10.7. The Labute approximate surface area is 209 Å². The lowest BCUT2D eigenvalue weighted by atomic mass is 10.1. The lowest BCUT2D eigenvalue weighted by Crippen LogP contribution is -2.51. The van der Waals surface area contributed by atoms with Crippen molar-refractivity contribution in [3.05, 3.63) is 59.2 Å². The predicted octanol–water partition coefficient (Wildman–Crippen LogP) is 3.41. The van der Waals surface area contributed by atoms with E-state index < -0.39 is 28.5 Å². The van der Waals surface area contributed by atoms with E-state index in [-0.39, 0.29) is 12.5 Å². The molecule has 0 saturated carbocycles. The molecule has 192 valence electrons. The Morgan fingerprint density at radius 2 is 1.83 bits per heavy atom. The number of aryl methyl sites for hydroxylation is 2. The molecule has 0 saturated heterocycles. The summed E-state index contributed by atoms with van der Waals surface area (Å²) in [6.45, 7) is 7.57. The molecule has 35 heavy (non-hydrogen) atoms. The van der Waals surface area contributed by atoms with Crippen molar-refractivity contribution in [1.82, 2.24) is 10.2 Å². The van der Waals surface area contributed by atoms with Gasteiger partial charge in [-0.2, -0.15) is 0 Å². The second kappa shape index (κ2) is 12.6. The van der Waals surface area contributed by atoms with Crippen molar-refractivity contribution in [2.75, 3.05) is 30.8 Å². The summed E-state index contributed by atoms with van der Waals surface area (Å²) in [6, 6.07) is 11.9. The number of methoxy groups -OCH3 is 1. The van der Waals surface area contributed by atoms with Crippen LogP contribution >= 0.6 is 0 Å². The fourth-order valence-electron chi connectivity index (χ4n) is 3.67. The van der Waals surface area contributed by atoms with Gasteiger partial charge in [-0.25, -0.2) is 8.42 Å². The van der Waals surface area contributed by atoms with E-state index in [0.717, 1.165) is 40.1 Å². The first-order chi connectivity index (χ1) is 16.5. The summed E-state index contributed by atoms with van der Waals surface area (Å²) < 4.78 is 31.9. The van der Waals surface area contributed by atoms with Gasteiger partial charge in [0.15, 0.2) is 0 Å². The van der Waals surface area contributed by atoms with Crippen LogP contribution < -0.4 is 14.4 Å². The van der Waals surface area contributed by atoms with E-state index in [1.54, 1.807) is 39.2 Å². The van der Waals surface area contributed by atoms with Crippen molar-refractivity contribution < 1.29 is 22.7 Å². The van der Waals surface area contributed by atoms with E-state index in [1.165, 1.54) is 4.90 Å². The van der Waals surface area contributed by atoms with Gasteiger partial charge in [0, 0.05) is 13.1 Å². The zero-order valence-electron chi connectivity index (χ0n) is 21.5. The van der Waals surface area contributed by atoms with Crippen LogP contribution in [0.5, 0.6) is 5.75 Å². The third-order valence-corrected chi connectivity index (χ3v) is 6.92. The van der Waals surface area contributed by atoms with Gasteiger partial charge in [-0.15, -0.1) is 0 Å². The number of sulfonamides is 1. The first-order valence-corrected chi connectivity index (χ1v) is 13.6. The number of hydrogen-bond donors (Lipinski definition) is 1. The molecule has 1 N–H and O–H groups in total. The number of nitrogens with one attached hydrogen (secondary N) is 1. The van der Waals surface area contributed by atoms with Crippen molar-refractivity contribution in [1.29, 1.82) is 0 Å². The predicted molar refractivity (Wildman–Crippen MR) is 139 cm³/mol. The topological polar surface area (TPSA) is 96.0 Å². The minimum atomic E-state index is -3.77. The molecule has 0 aliphatic carbocycles. The van der Waals surface area contributed by atoms with Crippen LogP contribution in [0, 0.1) is 13.8 Å². The number of rotatable bonds is 12. The van der Waals surface area contributed by atoms with Crippen molar-refractivity contribution in [2.45, 2.75) is 53.1 Å². The summed E-state index contributed by atoms with van der Waals surface area (Å²) in [5.41, 5.74) is 2.83. The van der Waals surface area contributed by atoms with Crippen molar-refractivity contribution >= 4 is 27.5 Å². The molecular formula is C26H37N3O5S. The highest BCUT2D eigenvalue weighted by molar-refractivity contribution is 7.92. The fraction of sp³-hybridized carbons (Fsp3) is 0.462. The number of unbranched alkanes of at least 4 members (excludes halogenated alkanes) is 1. The summed E-state index contributed by atoms with van der Waals surface area (Å²) in [6.07, 6.45) is 2.84. The number of ether oxygens (including phenoxy) is 1. The Morgan fingerprint density at radius 1 is 1.11 bits per heavy atom. The molecule has 0 radical (unpaired) electrons. The highest BCUT2D eigenvalue weighted by Gasteiger charge is 2.30. The molecule has 0 unspecified atom stereocenters. The second-order valence-electron chi connectivity index (χ2n) is 8.75. The molecule has 0 aromatic heterocycles. The van der Waals surface area contributed by atoms with Gasteiger partial charge in [0.05, 0.1) is 19.1 Å².